The molecule has 3 aromatic carbocycles. The molecule has 8 heteroatoms. The van der Waals surface area contributed by atoms with Crippen LogP contribution in [0, 0.1) is 5.82 Å². The van der Waals surface area contributed by atoms with Crippen molar-refractivity contribution in [1.29, 1.82) is 0 Å². The SMILES string of the molecule is CN(C)c1ccc(NC(=O)CSc2nnc(-c3ccccc3F)n2Cc2ccccc2)cc1. The second-order valence-corrected chi connectivity index (χ2v) is 8.58. The molecule has 4 aromatic rings. The Labute approximate surface area is 196 Å². The molecular weight excluding hydrogens is 437 g/mol. The second kappa shape index (κ2) is 10.3. The number of amides is 1. The molecule has 0 unspecified atom stereocenters. The van der Waals surface area contributed by atoms with Gasteiger partial charge in [0.25, 0.3) is 0 Å². The van der Waals surface area contributed by atoms with Crippen molar-refractivity contribution in [3.05, 3.63) is 90.2 Å². The quantitative estimate of drug-likeness (QED) is 0.377. The molecule has 0 fully saturated rings. The standard InChI is InChI=1S/C25H24FN5OS/c1-30(2)20-14-12-19(13-15-20)27-23(32)17-33-25-29-28-24(21-10-6-7-11-22(21)26)31(25)16-18-8-4-3-5-9-18/h3-15H,16-17H2,1-2H3,(H,27,32). The van der Waals surface area contributed by atoms with Crippen molar-refractivity contribution in [1.82, 2.24) is 14.8 Å². The summed E-state index contributed by atoms with van der Waals surface area (Å²) in [5, 5.41) is 12.0. The summed E-state index contributed by atoms with van der Waals surface area (Å²) in [7, 11) is 3.93. The van der Waals surface area contributed by atoms with E-state index < -0.39 is 0 Å². The first-order valence-electron chi connectivity index (χ1n) is 10.4. The number of nitrogens with one attached hydrogen (secondary N) is 1. The number of rotatable bonds is 8. The van der Waals surface area contributed by atoms with Gasteiger partial charge in [0.2, 0.25) is 5.91 Å². The molecule has 0 bridgehead atoms. The van der Waals surface area contributed by atoms with Crippen LogP contribution in [0.2, 0.25) is 0 Å². The molecule has 0 atom stereocenters. The van der Waals surface area contributed by atoms with Crippen LogP contribution in [0.5, 0.6) is 0 Å². The molecule has 1 amide bonds. The number of hydrogen-bond acceptors (Lipinski definition) is 5. The highest BCUT2D eigenvalue weighted by Crippen LogP contribution is 2.27. The Morgan fingerprint density at radius 2 is 1.67 bits per heavy atom. The van der Waals surface area contributed by atoms with Gasteiger partial charge in [-0.3, -0.25) is 9.36 Å². The number of thioether (sulfide) groups is 1. The molecule has 0 aliphatic carbocycles. The van der Waals surface area contributed by atoms with E-state index in [1.54, 1.807) is 18.2 Å². The maximum Gasteiger partial charge on any atom is 0.234 e. The average molecular weight is 462 g/mol. The topological polar surface area (TPSA) is 63.1 Å². The van der Waals surface area contributed by atoms with Crippen molar-refractivity contribution >= 4 is 29.0 Å². The summed E-state index contributed by atoms with van der Waals surface area (Å²) in [5.41, 5.74) is 3.18. The van der Waals surface area contributed by atoms with Gasteiger partial charge in [-0.25, -0.2) is 4.39 Å². The van der Waals surface area contributed by atoms with Crippen LogP contribution in [-0.4, -0.2) is 40.5 Å². The van der Waals surface area contributed by atoms with Crippen LogP contribution in [-0.2, 0) is 11.3 Å². The Kier molecular flexibility index (Phi) is 7.04. The molecular formula is C25H24FN5OS. The van der Waals surface area contributed by atoms with Gasteiger partial charge in [-0.05, 0) is 42.0 Å². The van der Waals surface area contributed by atoms with Gasteiger partial charge in [0.05, 0.1) is 17.9 Å². The maximum absolute atomic E-state index is 14.5. The molecule has 0 aliphatic rings. The van der Waals surface area contributed by atoms with Crippen LogP contribution < -0.4 is 10.2 Å². The lowest BCUT2D eigenvalue weighted by Gasteiger charge is -2.13. The summed E-state index contributed by atoms with van der Waals surface area (Å²) >= 11 is 1.27. The predicted octanol–water partition coefficient (Wildman–Crippen LogP) is 4.93. The number of nitrogens with zero attached hydrogens (tertiary/aromatic N) is 4. The predicted molar refractivity (Wildman–Crippen MR) is 131 cm³/mol. The maximum atomic E-state index is 14.5. The lowest BCUT2D eigenvalue weighted by Crippen LogP contribution is -2.15. The highest BCUT2D eigenvalue weighted by atomic mass is 32.2. The van der Waals surface area contributed by atoms with Crippen LogP contribution in [0.3, 0.4) is 0 Å². The minimum Gasteiger partial charge on any atom is -0.378 e. The van der Waals surface area contributed by atoms with E-state index >= 15 is 0 Å². The minimum absolute atomic E-state index is 0.152. The third kappa shape index (κ3) is 5.59. The first-order chi connectivity index (χ1) is 16.0. The number of benzene rings is 3. The van der Waals surface area contributed by atoms with Gasteiger partial charge in [-0.15, -0.1) is 10.2 Å². The van der Waals surface area contributed by atoms with Gasteiger partial charge in [-0.1, -0.05) is 54.2 Å². The molecule has 168 valence electrons. The minimum atomic E-state index is -0.366. The first-order valence-corrected chi connectivity index (χ1v) is 11.4. The molecule has 6 nitrogen and oxygen atoms in total. The largest absolute Gasteiger partial charge is 0.378 e. The molecule has 0 radical (unpaired) electrons. The molecule has 0 saturated heterocycles. The Morgan fingerprint density at radius 3 is 2.36 bits per heavy atom. The third-order valence-corrected chi connectivity index (χ3v) is 5.98. The Morgan fingerprint density at radius 1 is 0.970 bits per heavy atom. The van der Waals surface area contributed by atoms with Gasteiger partial charge in [0, 0.05) is 25.5 Å². The number of carbonyl (C=O) groups excluding carboxylic acids is 1. The van der Waals surface area contributed by atoms with E-state index in [1.165, 1.54) is 17.8 Å². The average Bonchev–Trinajstić information content (AvgIpc) is 3.21. The zero-order valence-electron chi connectivity index (χ0n) is 18.4. The van der Waals surface area contributed by atoms with Crippen molar-refractivity contribution in [2.75, 3.05) is 30.1 Å². The lowest BCUT2D eigenvalue weighted by molar-refractivity contribution is -0.113. The fourth-order valence-electron chi connectivity index (χ4n) is 3.32. The summed E-state index contributed by atoms with van der Waals surface area (Å²) in [6.45, 7) is 0.466. The van der Waals surface area contributed by atoms with Crippen LogP contribution in [0.1, 0.15) is 5.56 Å². The third-order valence-electron chi connectivity index (χ3n) is 5.01. The highest BCUT2D eigenvalue weighted by Gasteiger charge is 2.18. The van der Waals surface area contributed by atoms with Crippen molar-refractivity contribution in [3.8, 4) is 11.4 Å². The van der Waals surface area contributed by atoms with Crippen LogP contribution >= 0.6 is 11.8 Å². The van der Waals surface area contributed by atoms with Gasteiger partial charge in [0.1, 0.15) is 5.82 Å². The number of carbonyl (C=O) groups is 1. The van der Waals surface area contributed by atoms with Crippen LogP contribution in [0.25, 0.3) is 11.4 Å². The molecule has 1 heterocycles. The summed E-state index contributed by atoms with van der Waals surface area (Å²) < 4.78 is 16.3. The second-order valence-electron chi connectivity index (χ2n) is 7.64. The van der Waals surface area contributed by atoms with Gasteiger partial charge in [0.15, 0.2) is 11.0 Å². The summed E-state index contributed by atoms with van der Waals surface area (Å²) in [6, 6.07) is 23.9. The van der Waals surface area contributed by atoms with E-state index in [2.05, 4.69) is 15.5 Å². The van der Waals surface area contributed by atoms with Gasteiger partial charge in [-0.2, -0.15) is 0 Å². The van der Waals surface area contributed by atoms with E-state index in [0.717, 1.165) is 16.9 Å². The van der Waals surface area contributed by atoms with E-state index in [9.17, 15) is 9.18 Å². The zero-order chi connectivity index (χ0) is 23.2. The summed E-state index contributed by atoms with van der Waals surface area (Å²) in [5.74, 6) is 0.0627. The zero-order valence-corrected chi connectivity index (χ0v) is 19.2. The van der Waals surface area contributed by atoms with Gasteiger partial charge < -0.3 is 10.2 Å². The summed E-state index contributed by atoms with van der Waals surface area (Å²) in [6.07, 6.45) is 0. The fraction of sp³-hybridized carbons (Fsp3) is 0.160. The highest BCUT2D eigenvalue weighted by molar-refractivity contribution is 7.99. The normalized spacial score (nSPS) is 10.8. The van der Waals surface area contributed by atoms with Crippen molar-refractivity contribution in [3.63, 3.8) is 0 Å². The number of halogens is 1. The van der Waals surface area contributed by atoms with Crippen molar-refractivity contribution in [2.45, 2.75) is 11.7 Å². The monoisotopic (exact) mass is 461 g/mol. The number of aromatic nitrogens is 3. The smallest absolute Gasteiger partial charge is 0.234 e. The number of anilines is 2. The van der Waals surface area contributed by atoms with Crippen molar-refractivity contribution < 1.29 is 9.18 Å². The fourth-order valence-corrected chi connectivity index (χ4v) is 4.05. The van der Waals surface area contributed by atoms with Crippen molar-refractivity contribution in [2.24, 2.45) is 0 Å². The molecule has 0 saturated carbocycles. The molecule has 33 heavy (non-hydrogen) atoms. The van der Waals surface area contributed by atoms with E-state index in [1.807, 2.05) is 78.2 Å². The number of hydrogen-bond donors (Lipinski definition) is 1. The van der Waals surface area contributed by atoms with E-state index in [-0.39, 0.29) is 17.5 Å². The molecule has 1 aromatic heterocycles. The van der Waals surface area contributed by atoms with Crippen LogP contribution in [0.4, 0.5) is 15.8 Å². The Balaban J connectivity index is 1.52. The van der Waals surface area contributed by atoms with Gasteiger partial charge >= 0.3 is 0 Å². The molecule has 0 spiro atoms. The summed E-state index contributed by atoms with van der Waals surface area (Å²) in [4.78, 5) is 14.5. The Hall–Kier alpha value is -3.65. The van der Waals surface area contributed by atoms with Crippen LogP contribution in [0.15, 0.2) is 84.0 Å². The molecule has 0 aliphatic heterocycles. The Bertz CT molecular complexity index is 1230. The lowest BCUT2D eigenvalue weighted by atomic mass is 10.2. The molecule has 1 N–H and O–H groups in total. The first kappa shape index (κ1) is 22.5. The molecule has 4 rings (SSSR count). The van der Waals surface area contributed by atoms with E-state index in [4.69, 9.17) is 0 Å². The van der Waals surface area contributed by atoms with E-state index in [0.29, 0.717) is 23.1 Å².